The number of aliphatic carboxylic acids is 1. The van der Waals surface area contributed by atoms with Crippen molar-refractivity contribution in [1.29, 1.82) is 0 Å². The Morgan fingerprint density at radius 3 is 2.11 bits per heavy atom. The third kappa shape index (κ3) is 4.19. The van der Waals surface area contributed by atoms with E-state index >= 15 is 0 Å². The van der Waals surface area contributed by atoms with Gasteiger partial charge < -0.3 is 10.4 Å². The fourth-order valence-electron chi connectivity index (χ4n) is 3.33. The molecule has 1 fully saturated rings. The van der Waals surface area contributed by atoms with Gasteiger partial charge >= 0.3 is 5.97 Å². The second-order valence-electron chi connectivity index (χ2n) is 6.63. The van der Waals surface area contributed by atoms with Crippen LogP contribution in [-0.4, -0.2) is 30.7 Å². The molecule has 142 valence electrons. The summed E-state index contributed by atoms with van der Waals surface area (Å²) in [4.78, 5) is 24.1. The summed E-state index contributed by atoms with van der Waals surface area (Å²) in [6, 6.07) is 12.9. The van der Waals surface area contributed by atoms with Crippen LogP contribution in [0.25, 0.3) is 0 Å². The van der Waals surface area contributed by atoms with Crippen molar-refractivity contribution in [3.05, 3.63) is 65.7 Å². The van der Waals surface area contributed by atoms with Gasteiger partial charge in [-0.05, 0) is 42.7 Å². The lowest BCUT2D eigenvalue weighted by atomic mass is 10.1. The predicted molar refractivity (Wildman–Crippen MR) is 100 cm³/mol. The molecule has 1 unspecified atom stereocenters. The first-order chi connectivity index (χ1) is 12.9. The highest BCUT2D eigenvalue weighted by Crippen LogP contribution is 2.29. The van der Waals surface area contributed by atoms with Gasteiger partial charge in [-0.3, -0.25) is 4.79 Å². The lowest BCUT2D eigenvalue weighted by molar-refractivity contribution is -0.139. The molecule has 6 nitrogen and oxygen atoms in total. The highest BCUT2D eigenvalue weighted by Gasteiger charge is 2.30. The molecule has 0 spiro atoms. The van der Waals surface area contributed by atoms with Gasteiger partial charge in [0.2, 0.25) is 0 Å². The summed E-state index contributed by atoms with van der Waals surface area (Å²) >= 11 is 0. The van der Waals surface area contributed by atoms with Gasteiger partial charge in [-0.25, -0.2) is 13.2 Å². The minimum Gasteiger partial charge on any atom is -0.479 e. The average molecular weight is 387 g/mol. The second kappa shape index (κ2) is 7.92. The van der Waals surface area contributed by atoms with Crippen molar-refractivity contribution in [2.45, 2.75) is 41.9 Å². The lowest BCUT2D eigenvalue weighted by Crippen LogP contribution is -2.33. The number of carbonyl (C=O) groups excluding carboxylic acids is 1. The minimum atomic E-state index is -3.39. The molecule has 0 aromatic heterocycles. The van der Waals surface area contributed by atoms with Crippen molar-refractivity contribution in [3.63, 3.8) is 0 Å². The van der Waals surface area contributed by atoms with E-state index in [1.165, 1.54) is 24.3 Å². The van der Waals surface area contributed by atoms with E-state index in [1.54, 1.807) is 30.3 Å². The Morgan fingerprint density at radius 2 is 1.56 bits per heavy atom. The number of rotatable bonds is 6. The Kier molecular flexibility index (Phi) is 5.60. The van der Waals surface area contributed by atoms with Gasteiger partial charge in [-0.2, -0.15) is 0 Å². The number of carbonyl (C=O) groups is 2. The van der Waals surface area contributed by atoms with Gasteiger partial charge in [0, 0.05) is 5.56 Å². The first kappa shape index (κ1) is 19.1. The standard InChI is InChI=1S/C20H21NO5S/c22-19(21-18(20(23)24)14-6-2-1-3-7-14)15-10-12-17(13-11-15)27(25,26)16-8-4-5-9-16/h1-3,6-7,10-13,16,18H,4-5,8-9H2,(H,21,22)(H,23,24). The molecule has 1 saturated carbocycles. The van der Waals surface area contributed by atoms with Gasteiger partial charge in [-0.15, -0.1) is 0 Å². The number of hydrogen-bond acceptors (Lipinski definition) is 4. The van der Waals surface area contributed by atoms with Gasteiger partial charge in [0.05, 0.1) is 10.1 Å². The third-order valence-electron chi connectivity index (χ3n) is 4.84. The molecule has 1 aliphatic rings. The molecule has 1 atom stereocenters. The molecule has 1 aliphatic carbocycles. The summed E-state index contributed by atoms with van der Waals surface area (Å²) in [5.41, 5.74) is 0.668. The maximum atomic E-state index is 12.6. The average Bonchev–Trinajstić information content (AvgIpc) is 3.22. The zero-order valence-corrected chi connectivity index (χ0v) is 15.5. The molecule has 0 aliphatic heterocycles. The smallest absolute Gasteiger partial charge is 0.330 e. The number of benzene rings is 2. The lowest BCUT2D eigenvalue weighted by Gasteiger charge is -2.15. The van der Waals surface area contributed by atoms with Crippen LogP contribution in [0.15, 0.2) is 59.5 Å². The van der Waals surface area contributed by atoms with Crippen LogP contribution in [0.5, 0.6) is 0 Å². The topological polar surface area (TPSA) is 101 Å². The van der Waals surface area contributed by atoms with Crippen molar-refractivity contribution < 1.29 is 23.1 Å². The zero-order valence-electron chi connectivity index (χ0n) is 14.7. The number of carboxylic acids is 1. The Bertz CT molecular complexity index is 917. The second-order valence-corrected chi connectivity index (χ2v) is 8.86. The SMILES string of the molecule is O=C(NC(C(=O)O)c1ccccc1)c1ccc(S(=O)(=O)C2CCCC2)cc1. The number of hydrogen-bond donors (Lipinski definition) is 2. The maximum Gasteiger partial charge on any atom is 0.330 e. The molecule has 7 heteroatoms. The predicted octanol–water partition coefficient (Wildman–Crippen LogP) is 2.96. The molecular weight excluding hydrogens is 366 g/mol. The number of carboxylic acid groups (broad SMARTS) is 1. The van der Waals surface area contributed by atoms with E-state index in [9.17, 15) is 23.1 Å². The van der Waals surface area contributed by atoms with Gasteiger partial charge in [-0.1, -0.05) is 43.2 Å². The Morgan fingerprint density at radius 1 is 0.963 bits per heavy atom. The summed E-state index contributed by atoms with van der Waals surface area (Å²) in [7, 11) is -3.39. The zero-order chi connectivity index (χ0) is 19.4. The minimum absolute atomic E-state index is 0.198. The highest BCUT2D eigenvalue weighted by atomic mass is 32.2. The van der Waals surface area contributed by atoms with E-state index < -0.39 is 27.8 Å². The molecule has 2 aromatic carbocycles. The monoisotopic (exact) mass is 387 g/mol. The van der Waals surface area contributed by atoms with Crippen LogP contribution >= 0.6 is 0 Å². The highest BCUT2D eigenvalue weighted by molar-refractivity contribution is 7.92. The summed E-state index contributed by atoms with van der Waals surface area (Å²) in [6.45, 7) is 0. The van der Waals surface area contributed by atoms with E-state index in [2.05, 4.69) is 5.32 Å². The van der Waals surface area contributed by atoms with E-state index in [0.29, 0.717) is 18.4 Å². The quantitative estimate of drug-likeness (QED) is 0.794. The summed E-state index contributed by atoms with van der Waals surface area (Å²) < 4.78 is 25.2. The van der Waals surface area contributed by atoms with Crippen molar-refractivity contribution in [2.75, 3.05) is 0 Å². The van der Waals surface area contributed by atoms with Crippen molar-refractivity contribution in [2.24, 2.45) is 0 Å². The Balaban J connectivity index is 1.76. The fraction of sp³-hybridized carbons (Fsp3) is 0.300. The number of amides is 1. The van der Waals surface area contributed by atoms with Gasteiger partial charge in [0.1, 0.15) is 0 Å². The van der Waals surface area contributed by atoms with E-state index in [0.717, 1.165) is 12.8 Å². The normalized spacial score (nSPS) is 16.0. The third-order valence-corrected chi connectivity index (χ3v) is 7.12. The van der Waals surface area contributed by atoms with Gasteiger partial charge in [0.25, 0.3) is 5.91 Å². The molecule has 2 N–H and O–H groups in total. The Labute approximate surface area is 158 Å². The molecule has 0 bridgehead atoms. The van der Waals surface area contributed by atoms with Crippen LogP contribution in [0, 0.1) is 0 Å². The van der Waals surface area contributed by atoms with Crippen molar-refractivity contribution in [1.82, 2.24) is 5.32 Å². The van der Waals surface area contributed by atoms with Crippen LogP contribution in [0.1, 0.15) is 47.6 Å². The fourth-order valence-corrected chi connectivity index (χ4v) is 5.19. The largest absolute Gasteiger partial charge is 0.479 e. The first-order valence-corrected chi connectivity index (χ1v) is 10.4. The summed E-state index contributed by atoms with van der Waals surface area (Å²) in [5.74, 6) is -1.74. The first-order valence-electron chi connectivity index (χ1n) is 8.82. The molecule has 1 amide bonds. The molecule has 0 heterocycles. The van der Waals surface area contributed by atoms with Gasteiger partial charge in [0.15, 0.2) is 15.9 Å². The van der Waals surface area contributed by atoms with E-state index in [-0.39, 0.29) is 15.7 Å². The van der Waals surface area contributed by atoms with Crippen LogP contribution in [0.4, 0.5) is 0 Å². The summed E-state index contributed by atoms with van der Waals surface area (Å²) in [6.07, 6.45) is 3.17. The van der Waals surface area contributed by atoms with Crippen LogP contribution in [-0.2, 0) is 14.6 Å². The molecule has 3 rings (SSSR count). The van der Waals surface area contributed by atoms with E-state index in [4.69, 9.17) is 0 Å². The Hall–Kier alpha value is -2.67. The molecule has 27 heavy (non-hydrogen) atoms. The number of nitrogens with one attached hydrogen (secondary N) is 1. The number of sulfone groups is 1. The summed E-state index contributed by atoms with van der Waals surface area (Å²) in [5, 5.41) is 11.5. The van der Waals surface area contributed by atoms with Crippen LogP contribution in [0.3, 0.4) is 0 Å². The molecule has 2 aromatic rings. The van der Waals surface area contributed by atoms with Crippen LogP contribution in [0.2, 0.25) is 0 Å². The maximum absolute atomic E-state index is 12.6. The molecule has 0 saturated heterocycles. The molecular formula is C20H21NO5S. The molecule has 0 radical (unpaired) electrons. The van der Waals surface area contributed by atoms with E-state index in [1.807, 2.05) is 0 Å². The van der Waals surface area contributed by atoms with Crippen LogP contribution < -0.4 is 5.32 Å². The van der Waals surface area contributed by atoms with Crippen molar-refractivity contribution in [3.8, 4) is 0 Å². The van der Waals surface area contributed by atoms with Crippen molar-refractivity contribution >= 4 is 21.7 Å².